The number of amides is 2. The highest BCUT2D eigenvalue weighted by molar-refractivity contribution is 5.89. The van der Waals surface area contributed by atoms with E-state index in [0.29, 0.717) is 17.9 Å². The largest absolute Gasteiger partial charge is 0.411 e. The summed E-state index contributed by atoms with van der Waals surface area (Å²) in [5.74, 6) is 0. The molecule has 1 aromatic rings. The quantitative estimate of drug-likeness (QED) is 0.871. The molecule has 0 spiro atoms. The van der Waals surface area contributed by atoms with Crippen LogP contribution in [0.1, 0.15) is 18.9 Å². The topological polar surface area (TPSA) is 59.6 Å². The van der Waals surface area contributed by atoms with E-state index in [9.17, 15) is 18.0 Å². The van der Waals surface area contributed by atoms with Crippen LogP contribution < -0.4 is 10.6 Å². The van der Waals surface area contributed by atoms with Gasteiger partial charge in [0.2, 0.25) is 0 Å². The Morgan fingerprint density at radius 1 is 1.43 bits per heavy atom. The van der Waals surface area contributed by atoms with Crippen molar-refractivity contribution >= 4 is 11.7 Å². The molecular formula is C15H19F3N2O3. The van der Waals surface area contributed by atoms with Crippen molar-refractivity contribution in [3.05, 3.63) is 29.8 Å². The van der Waals surface area contributed by atoms with Crippen LogP contribution in [0.3, 0.4) is 0 Å². The number of carbonyl (C=O) groups excluding carboxylic acids is 1. The molecule has 1 fully saturated rings. The van der Waals surface area contributed by atoms with Gasteiger partial charge in [0.1, 0.15) is 6.61 Å². The minimum atomic E-state index is -4.35. The van der Waals surface area contributed by atoms with Gasteiger partial charge in [0.25, 0.3) is 0 Å². The van der Waals surface area contributed by atoms with Crippen molar-refractivity contribution in [1.82, 2.24) is 5.32 Å². The van der Waals surface area contributed by atoms with Crippen LogP contribution in [-0.2, 0) is 16.1 Å². The zero-order chi connectivity index (χ0) is 16.9. The maximum atomic E-state index is 12.0. The molecule has 8 heteroatoms. The first-order valence-electron chi connectivity index (χ1n) is 7.26. The molecule has 0 unspecified atom stereocenters. The van der Waals surface area contributed by atoms with Crippen LogP contribution >= 0.6 is 0 Å². The van der Waals surface area contributed by atoms with E-state index in [4.69, 9.17) is 4.74 Å². The zero-order valence-corrected chi connectivity index (χ0v) is 12.7. The number of benzene rings is 1. The molecule has 1 aliphatic rings. The molecule has 2 amide bonds. The molecule has 1 heterocycles. The second kappa shape index (κ2) is 7.65. The summed E-state index contributed by atoms with van der Waals surface area (Å²) < 4.78 is 46.1. The Morgan fingerprint density at radius 2 is 2.22 bits per heavy atom. The van der Waals surface area contributed by atoms with E-state index in [1.54, 1.807) is 24.3 Å². The molecule has 1 aromatic carbocycles. The second-order valence-corrected chi connectivity index (χ2v) is 5.38. The van der Waals surface area contributed by atoms with Gasteiger partial charge in [-0.25, -0.2) is 4.79 Å². The third-order valence-corrected chi connectivity index (χ3v) is 3.41. The standard InChI is InChI=1S/C15H19F3N2O3/c1-10-13(5-6-23-10)20-14(21)19-12-4-2-3-11(7-12)8-22-9-15(16,17)18/h2-4,7,10,13H,5-6,8-9H2,1H3,(H2,19,20,21)/t10-,13+/m1/s1. The fraction of sp³-hybridized carbons (Fsp3) is 0.533. The lowest BCUT2D eigenvalue weighted by Crippen LogP contribution is -2.41. The average molecular weight is 332 g/mol. The van der Waals surface area contributed by atoms with E-state index in [2.05, 4.69) is 15.4 Å². The normalized spacial score (nSPS) is 21.2. The highest BCUT2D eigenvalue weighted by Gasteiger charge is 2.27. The average Bonchev–Trinajstić information content (AvgIpc) is 2.83. The number of anilines is 1. The van der Waals surface area contributed by atoms with Gasteiger partial charge in [-0.05, 0) is 31.0 Å². The number of ether oxygens (including phenoxy) is 2. The van der Waals surface area contributed by atoms with Crippen molar-refractivity contribution in [1.29, 1.82) is 0 Å². The molecule has 1 saturated heterocycles. The lowest BCUT2D eigenvalue weighted by atomic mass is 10.1. The molecule has 0 aliphatic carbocycles. The minimum Gasteiger partial charge on any atom is -0.376 e. The summed E-state index contributed by atoms with van der Waals surface area (Å²) in [5, 5.41) is 5.46. The summed E-state index contributed by atoms with van der Waals surface area (Å²) in [5.41, 5.74) is 1.03. The first-order valence-corrected chi connectivity index (χ1v) is 7.26. The van der Waals surface area contributed by atoms with Crippen molar-refractivity contribution in [2.45, 2.75) is 38.3 Å². The smallest absolute Gasteiger partial charge is 0.376 e. The summed E-state index contributed by atoms with van der Waals surface area (Å²) in [6, 6.07) is 6.08. The summed E-state index contributed by atoms with van der Waals surface area (Å²) in [4.78, 5) is 11.9. The second-order valence-electron chi connectivity index (χ2n) is 5.38. The molecule has 128 valence electrons. The first kappa shape index (κ1) is 17.6. The molecular weight excluding hydrogens is 313 g/mol. The zero-order valence-electron chi connectivity index (χ0n) is 12.7. The number of rotatable bonds is 5. The van der Waals surface area contributed by atoms with Crippen LogP contribution in [0.2, 0.25) is 0 Å². The molecule has 2 atom stereocenters. The fourth-order valence-corrected chi connectivity index (χ4v) is 2.28. The number of urea groups is 1. The van der Waals surface area contributed by atoms with Crippen LogP contribution in [0.4, 0.5) is 23.7 Å². The van der Waals surface area contributed by atoms with Gasteiger partial charge in [0.15, 0.2) is 0 Å². The maximum Gasteiger partial charge on any atom is 0.411 e. The Kier molecular flexibility index (Phi) is 5.84. The monoisotopic (exact) mass is 332 g/mol. The Balaban J connectivity index is 1.83. The van der Waals surface area contributed by atoms with E-state index in [-0.39, 0.29) is 24.8 Å². The summed E-state index contributed by atoms with van der Waals surface area (Å²) in [6.45, 7) is 1.02. The van der Waals surface area contributed by atoms with Gasteiger partial charge in [-0.3, -0.25) is 0 Å². The van der Waals surface area contributed by atoms with E-state index < -0.39 is 12.8 Å². The van der Waals surface area contributed by atoms with Gasteiger partial charge in [0, 0.05) is 12.3 Å². The number of hydrogen-bond acceptors (Lipinski definition) is 3. The van der Waals surface area contributed by atoms with E-state index >= 15 is 0 Å². The van der Waals surface area contributed by atoms with Crippen LogP contribution in [0.15, 0.2) is 24.3 Å². The van der Waals surface area contributed by atoms with Gasteiger partial charge in [0.05, 0.1) is 18.8 Å². The summed E-state index contributed by atoms with van der Waals surface area (Å²) in [7, 11) is 0. The number of hydrogen-bond donors (Lipinski definition) is 2. The Bertz CT molecular complexity index is 537. The molecule has 0 saturated carbocycles. The molecule has 0 radical (unpaired) electrons. The fourth-order valence-electron chi connectivity index (χ4n) is 2.28. The molecule has 2 rings (SSSR count). The molecule has 0 aromatic heterocycles. The predicted molar refractivity (Wildman–Crippen MR) is 78.1 cm³/mol. The number of halogens is 3. The lowest BCUT2D eigenvalue weighted by molar-refractivity contribution is -0.176. The molecule has 0 bridgehead atoms. The minimum absolute atomic E-state index is 0.0390. The Labute approximate surface area is 132 Å². The Hall–Kier alpha value is -1.80. The van der Waals surface area contributed by atoms with E-state index in [1.807, 2.05) is 6.92 Å². The first-order chi connectivity index (χ1) is 10.8. The Morgan fingerprint density at radius 3 is 2.87 bits per heavy atom. The number of nitrogens with one attached hydrogen (secondary N) is 2. The van der Waals surface area contributed by atoms with E-state index in [1.165, 1.54) is 0 Å². The molecule has 5 nitrogen and oxygen atoms in total. The van der Waals surface area contributed by atoms with Crippen molar-refractivity contribution < 1.29 is 27.4 Å². The summed E-state index contributed by atoms with van der Waals surface area (Å²) >= 11 is 0. The molecule has 23 heavy (non-hydrogen) atoms. The highest BCUT2D eigenvalue weighted by Crippen LogP contribution is 2.17. The van der Waals surface area contributed by atoms with Gasteiger partial charge < -0.3 is 20.1 Å². The third-order valence-electron chi connectivity index (χ3n) is 3.41. The number of carbonyl (C=O) groups is 1. The van der Waals surface area contributed by atoms with Crippen molar-refractivity contribution in [2.75, 3.05) is 18.5 Å². The summed E-state index contributed by atoms with van der Waals surface area (Å²) in [6.07, 6.45) is -3.64. The third kappa shape index (κ3) is 6.07. The van der Waals surface area contributed by atoms with E-state index in [0.717, 1.165) is 6.42 Å². The lowest BCUT2D eigenvalue weighted by Gasteiger charge is -2.16. The van der Waals surface area contributed by atoms with Crippen molar-refractivity contribution in [3.63, 3.8) is 0 Å². The van der Waals surface area contributed by atoms with Crippen LogP contribution in [0.5, 0.6) is 0 Å². The SMILES string of the molecule is C[C@H]1OCC[C@@H]1NC(=O)Nc1cccc(COCC(F)(F)F)c1. The van der Waals surface area contributed by atoms with Crippen LogP contribution in [0, 0.1) is 0 Å². The molecule has 1 aliphatic heterocycles. The van der Waals surface area contributed by atoms with Gasteiger partial charge in [-0.2, -0.15) is 13.2 Å². The van der Waals surface area contributed by atoms with Crippen molar-refractivity contribution in [3.8, 4) is 0 Å². The van der Waals surface area contributed by atoms with Crippen LogP contribution in [0.25, 0.3) is 0 Å². The predicted octanol–water partition coefficient (Wildman–Crippen LogP) is 3.06. The molecule has 2 N–H and O–H groups in total. The number of alkyl halides is 3. The van der Waals surface area contributed by atoms with Crippen LogP contribution in [-0.4, -0.2) is 37.6 Å². The highest BCUT2D eigenvalue weighted by atomic mass is 19.4. The van der Waals surface area contributed by atoms with Gasteiger partial charge in [-0.1, -0.05) is 12.1 Å². The maximum absolute atomic E-state index is 12.0. The van der Waals surface area contributed by atoms with Crippen molar-refractivity contribution in [2.24, 2.45) is 0 Å². The van der Waals surface area contributed by atoms with Gasteiger partial charge >= 0.3 is 12.2 Å². The van der Waals surface area contributed by atoms with Gasteiger partial charge in [-0.15, -0.1) is 0 Å².